The number of nitro benzene ring substituents is 1. The first-order valence-corrected chi connectivity index (χ1v) is 8.22. The van der Waals surface area contributed by atoms with Crippen molar-refractivity contribution in [1.29, 1.82) is 0 Å². The SMILES string of the molecule is CC(C)(C)OC(=O)Cc1cc(CNC(=O)OC(C)(C)C)ccc1[N+](=O)[O-]. The molecule has 0 heterocycles. The van der Waals surface area contributed by atoms with Gasteiger partial charge in [0.2, 0.25) is 0 Å². The van der Waals surface area contributed by atoms with E-state index in [0.717, 1.165) is 0 Å². The van der Waals surface area contributed by atoms with Crippen LogP contribution in [0.25, 0.3) is 0 Å². The summed E-state index contributed by atoms with van der Waals surface area (Å²) in [6, 6.07) is 4.35. The number of rotatable bonds is 5. The molecule has 8 heteroatoms. The summed E-state index contributed by atoms with van der Waals surface area (Å²) in [5.74, 6) is -0.558. The number of hydrogen-bond acceptors (Lipinski definition) is 6. The Balaban J connectivity index is 2.89. The topological polar surface area (TPSA) is 108 Å². The van der Waals surface area contributed by atoms with E-state index in [0.29, 0.717) is 5.56 Å². The van der Waals surface area contributed by atoms with Gasteiger partial charge in [0.15, 0.2) is 0 Å². The zero-order chi connectivity index (χ0) is 20.1. The maximum Gasteiger partial charge on any atom is 0.407 e. The van der Waals surface area contributed by atoms with Crippen LogP contribution < -0.4 is 5.32 Å². The standard InChI is InChI=1S/C18H26N2O6/c1-17(2,3)25-15(21)10-13-9-12(7-8-14(13)20(23)24)11-19-16(22)26-18(4,5)6/h7-9H,10-11H2,1-6H3,(H,19,22). The second kappa shape index (κ2) is 8.16. The molecule has 0 saturated carbocycles. The first kappa shape index (κ1) is 21.4. The molecule has 1 N–H and O–H groups in total. The van der Waals surface area contributed by atoms with Gasteiger partial charge in [0, 0.05) is 18.2 Å². The molecule has 0 atom stereocenters. The summed E-state index contributed by atoms with van der Waals surface area (Å²) < 4.78 is 10.4. The molecule has 0 aliphatic rings. The van der Waals surface area contributed by atoms with Crippen molar-refractivity contribution in [2.45, 2.75) is 65.7 Å². The van der Waals surface area contributed by atoms with Gasteiger partial charge in [0.1, 0.15) is 11.2 Å². The summed E-state index contributed by atoms with van der Waals surface area (Å²) >= 11 is 0. The van der Waals surface area contributed by atoms with Crippen molar-refractivity contribution in [3.63, 3.8) is 0 Å². The highest BCUT2D eigenvalue weighted by Crippen LogP contribution is 2.22. The molecule has 1 aromatic carbocycles. The molecular weight excluding hydrogens is 340 g/mol. The van der Waals surface area contributed by atoms with Crippen molar-refractivity contribution < 1.29 is 24.0 Å². The van der Waals surface area contributed by atoms with Gasteiger partial charge in [-0.25, -0.2) is 4.79 Å². The number of nitrogens with one attached hydrogen (secondary N) is 1. The van der Waals surface area contributed by atoms with Crippen molar-refractivity contribution in [2.75, 3.05) is 0 Å². The van der Waals surface area contributed by atoms with E-state index in [1.165, 1.54) is 18.2 Å². The number of nitro groups is 1. The molecular formula is C18H26N2O6. The van der Waals surface area contributed by atoms with Gasteiger partial charge >= 0.3 is 12.1 Å². The molecule has 1 rings (SSSR count). The van der Waals surface area contributed by atoms with Gasteiger partial charge in [-0.15, -0.1) is 0 Å². The Morgan fingerprint density at radius 3 is 2.15 bits per heavy atom. The Kier molecular flexibility index (Phi) is 6.72. The van der Waals surface area contributed by atoms with Crippen LogP contribution in [0.15, 0.2) is 18.2 Å². The van der Waals surface area contributed by atoms with Crippen LogP contribution in [0.3, 0.4) is 0 Å². The Bertz CT molecular complexity index is 686. The molecule has 0 radical (unpaired) electrons. The van der Waals surface area contributed by atoms with Crippen LogP contribution in [0.1, 0.15) is 52.7 Å². The van der Waals surface area contributed by atoms with Gasteiger partial charge in [-0.1, -0.05) is 6.07 Å². The van der Waals surface area contributed by atoms with Gasteiger partial charge in [-0.3, -0.25) is 14.9 Å². The predicted molar refractivity (Wildman–Crippen MR) is 95.7 cm³/mol. The number of carbonyl (C=O) groups is 2. The molecule has 0 fully saturated rings. The molecule has 0 bridgehead atoms. The summed E-state index contributed by atoms with van der Waals surface area (Å²) in [5, 5.41) is 13.8. The van der Waals surface area contributed by atoms with Crippen molar-refractivity contribution in [3.05, 3.63) is 39.4 Å². The van der Waals surface area contributed by atoms with Gasteiger partial charge in [0.05, 0.1) is 11.3 Å². The average molecular weight is 366 g/mol. The zero-order valence-electron chi connectivity index (χ0n) is 16.0. The van der Waals surface area contributed by atoms with E-state index < -0.39 is 28.2 Å². The van der Waals surface area contributed by atoms with Crippen molar-refractivity contribution >= 4 is 17.7 Å². The maximum absolute atomic E-state index is 12.0. The highest BCUT2D eigenvalue weighted by atomic mass is 16.6. The van der Waals surface area contributed by atoms with Crippen LogP contribution in [0.4, 0.5) is 10.5 Å². The zero-order valence-corrected chi connectivity index (χ0v) is 16.0. The van der Waals surface area contributed by atoms with Gasteiger partial charge in [-0.05, 0) is 53.2 Å². The molecule has 0 unspecified atom stereocenters. The fraction of sp³-hybridized carbons (Fsp3) is 0.556. The molecule has 26 heavy (non-hydrogen) atoms. The third-order valence-electron chi connectivity index (χ3n) is 2.93. The highest BCUT2D eigenvalue weighted by molar-refractivity contribution is 5.74. The number of carbonyl (C=O) groups excluding carboxylic acids is 2. The van der Waals surface area contributed by atoms with Crippen molar-refractivity contribution in [3.8, 4) is 0 Å². The van der Waals surface area contributed by atoms with E-state index in [9.17, 15) is 19.7 Å². The summed E-state index contributed by atoms with van der Waals surface area (Å²) in [4.78, 5) is 34.3. The Morgan fingerprint density at radius 1 is 1.08 bits per heavy atom. The van der Waals surface area contributed by atoms with E-state index in [2.05, 4.69) is 5.32 Å². The average Bonchev–Trinajstić information content (AvgIpc) is 2.41. The van der Waals surface area contributed by atoms with Crippen LogP contribution in [0, 0.1) is 10.1 Å². The Labute approximate surface area is 153 Å². The van der Waals surface area contributed by atoms with E-state index >= 15 is 0 Å². The molecule has 144 valence electrons. The number of amides is 1. The number of ether oxygens (including phenoxy) is 2. The van der Waals surface area contributed by atoms with Crippen LogP contribution >= 0.6 is 0 Å². The first-order valence-electron chi connectivity index (χ1n) is 8.22. The minimum Gasteiger partial charge on any atom is -0.460 e. The van der Waals surface area contributed by atoms with Gasteiger partial charge in [0.25, 0.3) is 5.69 Å². The largest absolute Gasteiger partial charge is 0.460 e. The number of esters is 1. The lowest BCUT2D eigenvalue weighted by Gasteiger charge is -2.20. The maximum atomic E-state index is 12.0. The van der Waals surface area contributed by atoms with Gasteiger partial charge in [-0.2, -0.15) is 0 Å². The molecule has 0 aliphatic heterocycles. The Hall–Kier alpha value is -2.64. The molecule has 0 spiro atoms. The summed E-state index contributed by atoms with van der Waals surface area (Å²) in [6.45, 7) is 10.5. The minimum atomic E-state index is -0.679. The fourth-order valence-electron chi connectivity index (χ4n) is 2.09. The van der Waals surface area contributed by atoms with E-state index in [4.69, 9.17) is 9.47 Å². The molecule has 1 amide bonds. The lowest BCUT2D eigenvalue weighted by Crippen LogP contribution is -2.32. The van der Waals surface area contributed by atoms with Gasteiger partial charge < -0.3 is 14.8 Å². The lowest BCUT2D eigenvalue weighted by atomic mass is 10.1. The van der Waals surface area contributed by atoms with Crippen LogP contribution in [-0.2, 0) is 27.2 Å². The molecule has 0 saturated heterocycles. The summed E-state index contributed by atoms with van der Waals surface area (Å²) in [7, 11) is 0. The molecule has 0 aliphatic carbocycles. The monoisotopic (exact) mass is 366 g/mol. The second-order valence-corrected chi connectivity index (χ2v) is 7.84. The van der Waals surface area contributed by atoms with E-state index in [1.54, 1.807) is 41.5 Å². The number of nitrogens with zero attached hydrogens (tertiary/aromatic N) is 1. The summed E-state index contributed by atoms with van der Waals surface area (Å²) in [5.41, 5.74) is -0.631. The smallest absolute Gasteiger partial charge is 0.407 e. The first-order chi connectivity index (χ1) is 11.8. The van der Waals surface area contributed by atoms with Crippen LogP contribution in [0.5, 0.6) is 0 Å². The predicted octanol–water partition coefficient (Wildman–Crippen LogP) is 3.50. The van der Waals surface area contributed by atoms with Crippen molar-refractivity contribution in [1.82, 2.24) is 5.32 Å². The third-order valence-corrected chi connectivity index (χ3v) is 2.93. The number of hydrogen-bond donors (Lipinski definition) is 1. The van der Waals surface area contributed by atoms with Crippen LogP contribution in [0.2, 0.25) is 0 Å². The highest BCUT2D eigenvalue weighted by Gasteiger charge is 2.22. The molecule has 1 aromatic rings. The third kappa shape index (κ3) is 7.96. The molecule has 8 nitrogen and oxygen atoms in total. The number of benzene rings is 1. The van der Waals surface area contributed by atoms with Crippen LogP contribution in [-0.4, -0.2) is 28.2 Å². The summed E-state index contributed by atoms with van der Waals surface area (Å²) in [6.07, 6.45) is -0.821. The lowest BCUT2D eigenvalue weighted by molar-refractivity contribution is -0.385. The normalized spacial score (nSPS) is 11.6. The minimum absolute atomic E-state index is 0.119. The molecule has 0 aromatic heterocycles. The Morgan fingerprint density at radius 2 is 1.65 bits per heavy atom. The quantitative estimate of drug-likeness (QED) is 0.485. The fourth-order valence-corrected chi connectivity index (χ4v) is 2.09. The van der Waals surface area contributed by atoms with Crippen molar-refractivity contribution in [2.24, 2.45) is 0 Å². The van der Waals surface area contributed by atoms with E-state index in [-0.39, 0.29) is 24.2 Å². The number of alkyl carbamates (subject to hydrolysis) is 1. The van der Waals surface area contributed by atoms with E-state index in [1.807, 2.05) is 0 Å². The second-order valence-electron chi connectivity index (χ2n) is 7.84.